The van der Waals surface area contributed by atoms with Gasteiger partial charge in [0.25, 0.3) is 0 Å². The molecule has 2 N–H and O–H groups in total. The van der Waals surface area contributed by atoms with E-state index in [1.54, 1.807) is 0 Å². The molecule has 0 spiro atoms. The van der Waals surface area contributed by atoms with Gasteiger partial charge >= 0.3 is 0 Å². The summed E-state index contributed by atoms with van der Waals surface area (Å²) < 4.78 is 0. The predicted octanol–water partition coefficient (Wildman–Crippen LogP) is 2.66. The van der Waals surface area contributed by atoms with Gasteiger partial charge in [0, 0.05) is 18.2 Å². The largest absolute Gasteiger partial charge is 0.508 e. The van der Waals surface area contributed by atoms with E-state index >= 15 is 0 Å². The highest BCUT2D eigenvalue weighted by Crippen LogP contribution is 2.25. The molecule has 1 aromatic rings. The third kappa shape index (κ3) is 3.95. The van der Waals surface area contributed by atoms with Crippen LogP contribution in [0.3, 0.4) is 0 Å². The van der Waals surface area contributed by atoms with Crippen molar-refractivity contribution in [1.29, 1.82) is 0 Å². The van der Waals surface area contributed by atoms with Crippen LogP contribution in [0.25, 0.3) is 0 Å². The lowest BCUT2D eigenvalue weighted by molar-refractivity contribution is 0.131. The number of likely N-dealkylation sites (tertiary alicyclic amines) is 1. The predicted molar refractivity (Wildman–Crippen MR) is 79.4 cm³/mol. The fraction of sp³-hybridized carbons (Fsp3) is 0.625. The number of phenols is 1. The van der Waals surface area contributed by atoms with Crippen molar-refractivity contribution >= 4 is 0 Å². The Labute approximate surface area is 116 Å². The van der Waals surface area contributed by atoms with Crippen molar-refractivity contribution < 1.29 is 5.11 Å². The molecule has 0 saturated carbocycles. The highest BCUT2D eigenvalue weighted by atomic mass is 16.3. The van der Waals surface area contributed by atoms with E-state index in [1.165, 1.54) is 31.2 Å². The van der Waals surface area contributed by atoms with E-state index < -0.39 is 0 Å². The lowest BCUT2D eigenvalue weighted by Gasteiger charge is -2.36. The lowest BCUT2D eigenvalue weighted by atomic mass is 9.98. The zero-order valence-corrected chi connectivity index (χ0v) is 12.2. The average Bonchev–Trinajstić information content (AvgIpc) is 2.42. The summed E-state index contributed by atoms with van der Waals surface area (Å²) in [6, 6.07) is 6.55. The van der Waals surface area contributed by atoms with E-state index in [0.29, 0.717) is 11.8 Å². The first kappa shape index (κ1) is 14.4. The number of rotatable bonds is 5. The first-order valence-electron chi connectivity index (χ1n) is 7.38. The minimum absolute atomic E-state index is 0.434. The highest BCUT2D eigenvalue weighted by molar-refractivity contribution is 5.35. The number of hydrogen-bond acceptors (Lipinski definition) is 3. The van der Waals surface area contributed by atoms with Crippen molar-refractivity contribution in [1.82, 2.24) is 10.2 Å². The van der Waals surface area contributed by atoms with Crippen molar-refractivity contribution in [3.8, 4) is 5.75 Å². The molecule has 1 heterocycles. The Morgan fingerprint density at radius 3 is 3.00 bits per heavy atom. The molecule has 1 saturated heterocycles. The van der Waals surface area contributed by atoms with E-state index in [1.807, 2.05) is 19.2 Å². The Morgan fingerprint density at radius 1 is 1.37 bits per heavy atom. The number of benzene rings is 1. The van der Waals surface area contributed by atoms with Gasteiger partial charge in [-0.05, 0) is 52.4 Å². The molecule has 1 aliphatic heterocycles. The summed E-state index contributed by atoms with van der Waals surface area (Å²) in [5.74, 6) is 0.434. The number of piperidine rings is 1. The molecular formula is C16H26N2O. The zero-order valence-electron chi connectivity index (χ0n) is 12.2. The molecule has 106 valence electrons. The summed E-state index contributed by atoms with van der Waals surface area (Å²) in [5, 5.41) is 13.2. The highest BCUT2D eigenvalue weighted by Gasteiger charge is 2.22. The summed E-state index contributed by atoms with van der Waals surface area (Å²) in [6.07, 6.45) is 5.10. The third-order valence-corrected chi connectivity index (χ3v) is 4.09. The second-order valence-electron chi connectivity index (χ2n) is 5.64. The molecule has 1 atom stereocenters. The molecule has 0 aromatic heterocycles. The minimum Gasteiger partial charge on any atom is -0.508 e. The Morgan fingerprint density at radius 2 is 2.21 bits per heavy atom. The van der Waals surface area contributed by atoms with Crippen LogP contribution in [0.2, 0.25) is 0 Å². The Balaban J connectivity index is 2.04. The molecule has 19 heavy (non-hydrogen) atoms. The number of nitrogens with zero attached hydrogens (tertiary/aromatic N) is 1. The summed E-state index contributed by atoms with van der Waals surface area (Å²) in [5.41, 5.74) is 2.29. The Bertz CT molecular complexity index is 406. The summed E-state index contributed by atoms with van der Waals surface area (Å²) in [6.45, 7) is 5.18. The maximum Gasteiger partial charge on any atom is 0.120 e. The number of phenolic OH excluding ortho intramolecular Hbond substituents is 1. The minimum atomic E-state index is 0.434. The molecule has 0 bridgehead atoms. The van der Waals surface area contributed by atoms with Gasteiger partial charge in [0.15, 0.2) is 0 Å². The molecule has 1 aromatic carbocycles. The van der Waals surface area contributed by atoms with E-state index in [4.69, 9.17) is 0 Å². The number of aryl methyl sites for hydroxylation is 1. The van der Waals surface area contributed by atoms with Gasteiger partial charge in [0.2, 0.25) is 0 Å². The van der Waals surface area contributed by atoms with Gasteiger partial charge in [-0.2, -0.15) is 0 Å². The standard InChI is InChI=1S/C16H26N2O/c1-13-6-7-16(19)14(11-13)12-18-10-4-3-5-15(18)8-9-17-2/h6-7,11,15,17,19H,3-5,8-10,12H2,1-2H3. The molecule has 0 aliphatic carbocycles. The van der Waals surface area contributed by atoms with E-state index in [9.17, 15) is 5.11 Å². The van der Waals surface area contributed by atoms with Crippen LogP contribution in [0.1, 0.15) is 36.8 Å². The normalized spacial score (nSPS) is 20.6. The van der Waals surface area contributed by atoms with Gasteiger partial charge in [0.05, 0.1) is 0 Å². The van der Waals surface area contributed by atoms with Crippen molar-refractivity contribution in [3.05, 3.63) is 29.3 Å². The van der Waals surface area contributed by atoms with Crippen LogP contribution in [-0.4, -0.2) is 36.2 Å². The van der Waals surface area contributed by atoms with E-state index in [-0.39, 0.29) is 0 Å². The Hall–Kier alpha value is -1.06. The molecule has 1 aliphatic rings. The molecule has 1 fully saturated rings. The summed E-state index contributed by atoms with van der Waals surface area (Å²) >= 11 is 0. The van der Waals surface area contributed by atoms with Crippen LogP contribution in [0.5, 0.6) is 5.75 Å². The van der Waals surface area contributed by atoms with E-state index in [2.05, 4.69) is 23.2 Å². The number of hydrogen-bond donors (Lipinski definition) is 2. The topological polar surface area (TPSA) is 35.5 Å². The van der Waals surface area contributed by atoms with Crippen molar-refractivity contribution in [3.63, 3.8) is 0 Å². The maximum absolute atomic E-state index is 9.99. The van der Waals surface area contributed by atoms with Crippen LogP contribution in [0, 0.1) is 6.92 Å². The monoisotopic (exact) mass is 262 g/mol. The summed E-state index contributed by atoms with van der Waals surface area (Å²) in [7, 11) is 2.01. The summed E-state index contributed by atoms with van der Waals surface area (Å²) in [4.78, 5) is 2.54. The molecule has 2 rings (SSSR count). The maximum atomic E-state index is 9.99. The van der Waals surface area contributed by atoms with Gasteiger partial charge in [-0.1, -0.05) is 24.1 Å². The number of aromatic hydroxyl groups is 1. The van der Waals surface area contributed by atoms with Crippen LogP contribution in [-0.2, 0) is 6.54 Å². The first-order valence-corrected chi connectivity index (χ1v) is 7.38. The van der Waals surface area contributed by atoms with Crippen LogP contribution in [0.4, 0.5) is 0 Å². The molecule has 3 heteroatoms. The van der Waals surface area contributed by atoms with Crippen LogP contribution < -0.4 is 5.32 Å². The molecule has 1 unspecified atom stereocenters. The number of nitrogens with one attached hydrogen (secondary N) is 1. The van der Waals surface area contributed by atoms with Gasteiger partial charge < -0.3 is 10.4 Å². The van der Waals surface area contributed by atoms with E-state index in [0.717, 1.165) is 25.2 Å². The van der Waals surface area contributed by atoms with Crippen molar-refractivity contribution in [2.45, 2.75) is 45.2 Å². The van der Waals surface area contributed by atoms with Gasteiger partial charge in [0.1, 0.15) is 5.75 Å². The van der Waals surface area contributed by atoms with Crippen LogP contribution in [0.15, 0.2) is 18.2 Å². The quantitative estimate of drug-likeness (QED) is 0.856. The fourth-order valence-electron chi connectivity index (χ4n) is 2.97. The lowest BCUT2D eigenvalue weighted by Crippen LogP contribution is -2.40. The van der Waals surface area contributed by atoms with Gasteiger partial charge in [-0.15, -0.1) is 0 Å². The molecular weight excluding hydrogens is 236 g/mol. The molecule has 3 nitrogen and oxygen atoms in total. The van der Waals surface area contributed by atoms with Crippen LogP contribution >= 0.6 is 0 Å². The molecule has 0 amide bonds. The zero-order chi connectivity index (χ0) is 13.7. The van der Waals surface area contributed by atoms with Gasteiger partial charge in [-0.25, -0.2) is 0 Å². The third-order valence-electron chi connectivity index (χ3n) is 4.09. The SMILES string of the molecule is CNCCC1CCCCN1Cc1cc(C)ccc1O. The first-order chi connectivity index (χ1) is 9.20. The van der Waals surface area contributed by atoms with Crippen molar-refractivity contribution in [2.24, 2.45) is 0 Å². The molecule has 0 radical (unpaired) electrons. The smallest absolute Gasteiger partial charge is 0.120 e. The Kier molecular flexibility index (Phi) is 5.23. The second kappa shape index (κ2) is 6.92. The average molecular weight is 262 g/mol. The van der Waals surface area contributed by atoms with Gasteiger partial charge in [-0.3, -0.25) is 4.90 Å². The van der Waals surface area contributed by atoms with Crippen molar-refractivity contribution in [2.75, 3.05) is 20.1 Å². The fourth-order valence-corrected chi connectivity index (χ4v) is 2.97. The second-order valence-corrected chi connectivity index (χ2v) is 5.64.